The second-order valence-electron chi connectivity index (χ2n) is 5.09. The molecule has 0 saturated carbocycles. The number of nitrogens with zero attached hydrogens (tertiary/aromatic N) is 1. The Labute approximate surface area is 126 Å². The molecule has 6 nitrogen and oxygen atoms in total. The van der Waals surface area contributed by atoms with Gasteiger partial charge in [-0.3, -0.25) is 0 Å². The first-order valence-electron chi connectivity index (χ1n) is 6.83. The summed E-state index contributed by atoms with van der Waals surface area (Å²) in [6, 6.07) is 5.55. The highest BCUT2D eigenvalue weighted by Crippen LogP contribution is 2.20. The van der Waals surface area contributed by atoms with Gasteiger partial charge in [-0.1, -0.05) is 6.92 Å². The topological polar surface area (TPSA) is 83.5 Å². The van der Waals surface area contributed by atoms with Crippen LogP contribution >= 0.6 is 0 Å². The second-order valence-corrected chi connectivity index (χ2v) is 9.31. The molecule has 1 N–H and O–H groups in total. The van der Waals surface area contributed by atoms with Crippen molar-refractivity contribution >= 4 is 19.9 Å². The van der Waals surface area contributed by atoms with Crippen molar-refractivity contribution in [1.29, 1.82) is 0 Å². The molecule has 0 radical (unpaired) electrons. The fraction of sp³-hybridized carbons (Fsp3) is 0.538. The van der Waals surface area contributed by atoms with Gasteiger partial charge in [-0.25, -0.2) is 16.8 Å². The number of benzene rings is 1. The van der Waals surface area contributed by atoms with Crippen molar-refractivity contribution in [2.75, 3.05) is 25.4 Å². The van der Waals surface area contributed by atoms with Crippen molar-refractivity contribution in [2.45, 2.75) is 29.7 Å². The van der Waals surface area contributed by atoms with E-state index in [2.05, 4.69) is 5.32 Å². The van der Waals surface area contributed by atoms with E-state index in [4.69, 9.17) is 0 Å². The van der Waals surface area contributed by atoms with Gasteiger partial charge in [0, 0.05) is 25.7 Å². The molecule has 8 heteroatoms. The fourth-order valence-corrected chi connectivity index (χ4v) is 4.66. The van der Waals surface area contributed by atoms with Crippen molar-refractivity contribution < 1.29 is 16.8 Å². The molecule has 1 aliphatic heterocycles. The summed E-state index contributed by atoms with van der Waals surface area (Å²) in [4.78, 5) is 0.282. The molecule has 1 heterocycles. The van der Waals surface area contributed by atoms with Crippen LogP contribution < -0.4 is 5.32 Å². The predicted octanol–water partition coefficient (Wildman–Crippen LogP) is 0.463. The van der Waals surface area contributed by atoms with E-state index in [-0.39, 0.29) is 21.6 Å². The third kappa shape index (κ3) is 3.45. The zero-order valence-corrected chi connectivity index (χ0v) is 13.7. The van der Waals surface area contributed by atoms with E-state index in [0.29, 0.717) is 19.6 Å². The number of rotatable bonds is 4. The van der Waals surface area contributed by atoms with Crippen LogP contribution in [0, 0.1) is 0 Å². The summed E-state index contributed by atoms with van der Waals surface area (Å²) >= 11 is 0. The van der Waals surface area contributed by atoms with E-state index in [1.165, 1.54) is 28.6 Å². The average molecular weight is 332 g/mol. The zero-order chi connectivity index (χ0) is 15.7. The van der Waals surface area contributed by atoms with Crippen LogP contribution in [0.5, 0.6) is 0 Å². The zero-order valence-electron chi connectivity index (χ0n) is 12.1. The molecule has 0 spiro atoms. The summed E-state index contributed by atoms with van der Waals surface area (Å²) in [5.41, 5.74) is 0. The van der Waals surface area contributed by atoms with Crippen molar-refractivity contribution in [1.82, 2.24) is 9.62 Å². The molecule has 0 bridgehead atoms. The lowest BCUT2D eigenvalue weighted by Crippen LogP contribution is -2.51. The Balaban J connectivity index is 2.29. The lowest BCUT2D eigenvalue weighted by atomic mass is 10.3. The quantitative estimate of drug-likeness (QED) is 0.866. The fourth-order valence-electron chi connectivity index (χ4n) is 2.25. The van der Waals surface area contributed by atoms with Crippen LogP contribution in [-0.4, -0.2) is 52.6 Å². The summed E-state index contributed by atoms with van der Waals surface area (Å²) in [5.74, 6) is -0.00555. The lowest BCUT2D eigenvalue weighted by molar-refractivity contribution is 0.310. The maximum Gasteiger partial charge on any atom is 0.243 e. The van der Waals surface area contributed by atoms with Gasteiger partial charge in [0.15, 0.2) is 9.84 Å². The van der Waals surface area contributed by atoms with E-state index >= 15 is 0 Å². The Morgan fingerprint density at radius 1 is 1.14 bits per heavy atom. The molecule has 0 aromatic heterocycles. The summed E-state index contributed by atoms with van der Waals surface area (Å²) in [5, 5.41) is 3.19. The number of hydrogen-bond acceptors (Lipinski definition) is 5. The van der Waals surface area contributed by atoms with E-state index in [1.54, 1.807) is 6.92 Å². The smallest absolute Gasteiger partial charge is 0.243 e. The highest BCUT2D eigenvalue weighted by molar-refractivity contribution is 7.91. The minimum atomic E-state index is -3.57. The van der Waals surface area contributed by atoms with Crippen LogP contribution in [0.1, 0.15) is 13.8 Å². The van der Waals surface area contributed by atoms with E-state index in [0.717, 1.165) is 0 Å². The second kappa shape index (κ2) is 6.04. The molecule has 1 fully saturated rings. The lowest BCUT2D eigenvalue weighted by Gasteiger charge is -2.31. The summed E-state index contributed by atoms with van der Waals surface area (Å²) in [6.07, 6.45) is 0. The van der Waals surface area contributed by atoms with Crippen molar-refractivity contribution in [3.05, 3.63) is 24.3 Å². The Hall–Kier alpha value is -0.960. The molecule has 1 saturated heterocycles. The first-order chi connectivity index (χ1) is 9.77. The maximum atomic E-state index is 12.5. The molecule has 118 valence electrons. The number of hydrogen-bond donors (Lipinski definition) is 1. The van der Waals surface area contributed by atoms with Gasteiger partial charge in [-0.15, -0.1) is 0 Å². The highest BCUT2D eigenvalue weighted by Gasteiger charge is 2.28. The van der Waals surface area contributed by atoms with Gasteiger partial charge >= 0.3 is 0 Å². The molecule has 21 heavy (non-hydrogen) atoms. The van der Waals surface area contributed by atoms with Crippen LogP contribution in [0.15, 0.2) is 34.1 Å². The van der Waals surface area contributed by atoms with Crippen LogP contribution in [-0.2, 0) is 19.9 Å². The molecule has 1 aliphatic rings. The SMILES string of the molecule is CCS(=O)(=O)c1ccc(S(=O)(=O)N2CCNC(C)C2)cc1. The van der Waals surface area contributed by atoms with Crippen LogP contribution in [0.3, 0.4) is 0 Å². The van der Waals surface area contributed by atoms with Crippen molar-refractivity contribution in [3.63, 3.8) is 0 Å². The van der Waals surface area contributed by atoms with Gasteiger partial charge in [0.05, 0.1) is 15.5 Å². The molecule has 2 rings (SSSR count). The monoisotopic (exact) mass is 332 g/mol. The van der Waals surface area contributed by atoms with E-state index < -0.39 is 19.9 Å². The Morgan fingerprint density at radius 2 is 1.71 bits per heavy atom. The predicted molar refractivity (Wildman–Crippen MR) is 80.4 cm³/mol. The molecule has 1 aromatic carbocycles. The third-order valence-corrected chi connectivity index (χ3v) is 7.16. The summed E-state index contributed by atoms with van der Waals surface area (Å²) in [6.45, 7) is 4.93. The standard InChI is InChI=1S/C13H20N2O4S2/c1-3-20(16,17)12-4-6-13(7-5-12)21(18,19)15-9-8-14-11(2)10-15/h4-7,11,14H,3,8-10H2,1-2H3. The minimum absolute atomic E-state index is 0.00555. The van der Waals surface area contributed by atoms with E-state index in [9.17, 15) is 16.8 Å². The maximum absolute atomic E-state index is 12.5. The van der Waals surface area contributed by atoms with Crippen molar-refractivity contribution in [2.24, 2.45) is 0 Å². The summed E-state index contributed by atoms with van der Waals surface area (Å²) < 4.78 is 49.9. The highest BCUT2D eigenvalue weighted by atomic mass is 32.2. The van der Waals surface area contributed by atoms with Crippen LogP contribution in [0.4, 0.5) is 0 Å². The average Bonchev–Trinajstić information content (AvgIpc) is 2.47. The molecule has 0 amide bonds. The van der Waals surface area contributed by atoms with Crippen LogP contribution in [0.2, 0.25) is 0 Å². The molecule has 1 aromatic rings. The number of sulfone groups is 1. The van der Waals surface area contributed by atoms with Gasteiger partial charge < -0.3 is 5.32 Å². The molecule has 1 unspecified atom stereocenters. The largest absolute Gasteiger partial charge is 0.312 e. The molecular weight excluding hydrogens is 312 g/mol. The van der Waals surface area contributed by atoms with Gasteiger partial charge in [0.25, 0.3) is 0 Å². The van der Waals surface area contributed by atoms with E-state index in [1.807, 2.05) is 6.92 Å². The van der Waals surface area contributed by atoms with Gasteiger partial charge in [0.2, 0.25) is 10.0 Å². The number of sulfonamides is 1. The third-order valence-electron chi connectivity index (χ3n) is 3.53. The normalized spacial score (nSPS) is 21.3. The number of piperazine rings is 1. The Kier molecular flexibility index (Phi) is 4.72. The molecular formula is C13H20N2O4S2. The van der Waals surface area contributed by atoms with Gasteiger partial charge in [0.1, 0.15) is 0 Å². The van der Waals surface area contributed by atoms with Gasteiger partial charge in [-0.05, 0) is 31.2 Å². The number of nitrogens with one attached hydrogen (secondary N) is 1. The van der Waals surface area contributed by atoms with Gasteiger partial charge in [-0.2, -0.15) is 4.31 Å². The summed E-state index contributed by atoms with van der Waals surface area (Å²) in [7, 11) is -6.88. The van der Waals surface area contributed by atoms with Crippen molar-refractivity contribution in [3.8, 4) is 0 Å². The Bertz CT molecular complexity index is 696. The molecule has 1 atom stereocenters. The Morgan fingerprint density at radius 3 is 2.24 bits per heavy atom. The first-order valence-corrected chi connectivity index (χ1v) is 9.93. The first kappa shape index (κ1) is 16.4. The molecule has 0 aliphatic carbocycles. The minimum Gasteiger partial charge on any atom is -0.312 e. The van der Waals surface area contributed by atoms with Crippen LogP contribution in [0.25, 0.3) is 0 Å².